The Morgan fingerprint density at radius 1 is 0.148 bits per heavy atom. The van der Waals surface area contributed by atoms with Crippen LogP contribution >= 0.6 is 0 Å². The number of hydrogen-bond acceptors (Lipinski definition) is 12. The van der Waals surface area contributed by atoms with E-state index in [2.05, 4.69) is 59.8 Å². The van der Waals surface area contributed by atoms with Gasteiger partial charge in [0.05, 0.1) is 71.3 Å². The van der Waals surface area contributed by atoms with E-state index in [0.717, 1.165) is 33.4 Å². The molecule has 12 nitrogen and oxygen atoms in total. The first kappa shape index (κ1) is 30.9. The monoisotopic (exact) mass is 696 g/mol. The highest BCUT2D eigenvalue weighted by molar-refractivity contribution is 5.71. The second kappa shape index (κ2) is 13.0. The maximum absolute atomic E-state index is 4.65. The van der Waals surface area contributed by atoms with Crippen molar-refractivity contribution >= 4 is 0 Å². The molecule has 34 rings (SSSR count). The fourth-order valence-electron chi connectivity index (χ4n) is 6.07. The summed E-state index contributed by atoms with van der Waals surface area (Å²) in [4.78, 5) is 55.6. The number of nitrogens with zero attached hydrogens (tertiary/aromatic N) is 12. The van der Waals surface area contributed by atoms with Gasteiger partial charge in [0.2, 0.25) is 0 Å². The van der Waals surface area contributed by atoms with Crippen molar-refractivity contribution in [2.45, 2.75) is 0 Å². The van der Waals surface area contributed by atoms with Gasteiger partial charge in [-0.2, -0.15) is 0 Å². The first-order chi connectivity index (χ1) is 26.7. The molecule has 12 heteroatoms. The minimum absolute atomic E-state index is 0.660. The molecule has 34 heterocycles. The van der Waals surface area contributed by atoms with E-state index in [-0.39, 0.29) is 0 Å². The summed E-state index contributed by atoms with van der Waals surface area (Å²) < 4.78 is 0. The number of rotatable bonds is 0. The molecule has 0 spiro atoms. The predicted molar refractivity (Wildman–Crippen MR) is 202 cm³/mol. The van der Waals surface area contributed by atoms with E-state index >= 15 is 0 Å². The molecule has 18 bridgehead atoms. The lowest BCUT2D eigenvalue weighted by molar-refractivity contribution is 1.15. The Kier molecular flexibility index (Phi) is 7.46. The highest BCUT2D eigenvalue weighted by Crippen LogP contribution is 2.28. The Labute approximate surface area is 308 Å². The standard InChI is InChI=1S/C42H24N12/c1-7-31-37-19-50-38(20-49-37)33-9-3-27(15-45-33)28-5-11-35(47-16-28)41-23-54-42(24-53-41)36-12-6-30(18-48-36)29-4-10-34(46-17-29)40-22-51-39(21-52-40)32-8-2-26(14-44-32)25(1)13-43-31/h1-24H. The maximum Gasteiger partial charge on any atom is 0.107 e. The van der Waals surface area contributed by atoms with Crippen LogP contribution in [0.5, 0.6) is 0 Å². The minimum Gasteiger partial charge on any atom is -0.254 e. The van der Waals surface area contributed by atoms with Gasteiger partial charge in [-0.3, -0.25) is 59.8 Å². The zero-order valence-electron chi connectivity index (χ0n) is 28.2. The van der Waals surface area contributed by atoms with Crippen molar-refractivity contribution in [2.75, 3.05) is 0 Å². The molecule has 9 aromatic heterocycles. The zero-order valence-corrected chi connectivity index (χ0v) is 28.2. The second-order valence-corrected chi connectivity index (χ2v) is 12.5. The second-order valence-electron chi connectivity index (χ2n) is 12.5. The van der Waals surface area contributed by atoms with Crippen LogP contribution in [-0.2, 0) is 0 Å². The average Bonchev–Trinajstić information content (AvgIpc) is 3.27. The quantitative estimate of drug-likeness (QED) is 0.152. The highest BCUT2D eigenvalue weighted by Gasteiger charge is 2.12. The van der Waals surface area contributed by atoms with Gasteiger partial charge in [-0.1, -0.05) is 36.4 Å². The van der Waals surface area contributed by atoms with Gasteiger partial charge >= 0.3 is 0 Å². The first-order valence-electron chi connectivity index (χ1n) is 17.0. The summed E-state index contributed by atoms with van der Waals surface area (Å²) in [5.74, 6) is 0. The largest absolute Gasteiger partial charge is 0.254 e. The normalized spacial score (nSPS) is 11.3. The van der Waals surface area contributed by atoms with Gasteiger partial charge in [0, 0.05) is 70.6 Å². The van der Waals surface area contributed by atoms with Crippen molar-refractivity contribution in [3.05, 3.63) is 147 Å². The van der Waals surface area contributed by atoms with E-state index in [0.29, 0.717) is 68.3 Å². The lowest BCUT2D eigenvalue weighted by atomic mass is 10.1. The van der Waals surface area contributed by atoms with Gasteiger partial charge in [-0.15, -0.1) is 0 Å². The fourth-order valence-corrected chi connectivity index (χ4v) is 6.07. The van der Waals surface area contributed by atoms with Crippen molar-refractivity contribution < 1.29 is 0 Å². The third-order valence-corrected chi connectivity index (χ3v) is 9.11. The van der Waals surface area contributed by atoms with Crippen molar-refractivity contribution in [1.29, 1.82) is 0 Å². The van der Waals surface area contributed by atoms with Crippen LogP contribution in [-0.4, -0.2) is 59.8 Å². The van der Waals surface area contributed by atoms with Gasteiger partial charge in [-0.25, -0.2) is 0 Å². The molecule has 0 aliphatic carbocycles. The van der Waals surface area contributed by atoms with Gasteiger partial charge in [0.15, 0.2) is 0 Å². The molecule has 252 valence electrons. The molecule has 0 atom stereocenters. The van der Waals surface area contributed by atoms with Crippen LogP contribution in [0.25, 0.3) is 102 Å². The Morgan fingerprint density at radius 3 is 0.407 bits per heavy atom. The number of aromatic nitrogens is 12. The summed E-state index contributed by atoms with van der Waals surface area (Å²) in [5.41, 5.74) is 13.8. The molecule has 54 heavy (non-hydrogen) atoms. The Hall–Kier alpha value is -7.86. The third-order valence-electron chi connectivity index (χ3n) is 9.11. The van der Waals surface area contributed by atoms with Gasteiger partial charge < -0.3 is 0 Å². The zero-order chi connectivity index (χ0) is 35.8. The molecule has 25 aliphatic heterocycles. The lowest BCUT2D eigenvalue weighted by Crippen LogP contribution is -1.95. The predicted octanol–water partition coefficient (Wildman–Crippen LogP) is 7.74. The smallest absolute Gasteiger partial charge is 0.107 e. The molecule has 0 N–H and O–H groups in total. The van der Waals surface area contributed by atoms with E-state index in [4.69, 9.17) is 0 Å². The summed E-state index contributed by atoms with van der Waals surface area (Å²) in [6.07, 6.45) is 21.1. The van der Waals surface area contributed by atoms with Crippen LogP contribution in [0.2, 0.25) is 0 Å². The molecular formula is C42H24N12. The topological polar surface area (TPSA) is 155 Å². The van der Waals surface area contributed by atoms with Gasteiger partial charge in [-0.05, 0) is 36.4 Å². The average molecular weight is 697 g/mol. The van der Waals surface area contributed by atoms with Crippen LogP contribution in [0.3, 0.4) is 0 Å². The summed E-state index contributed by atoms with van der Waals surface area (Å²) >= 11 is 0. The highest BCUT2D eigenvalue weighted by atomic mass is 14.9. The Bertz CT molecular complexity index is 1910. The summed E-state index contributed by atoms with van der Waals surface area (Å²) in [5, 5.41) is 0. The Morgan fingerprint density at radius 2 is 0.296 bits per heavy atom. The lowest BCUT2D eigenvalue weighted by Gasteiger charge is -2.07. The van der Waals surface area contributed by atoms with E-state index in [1.807, 2.05) is 72.8 Å². The summed E-state index contributed by atoms with van der Waals surface area (Å²) in [6.45, 7) is 0. The molecule has 0 unspecified atom stereocenters. The maximum atomic E-state index is 4.65. The first-order valence-corrected chi connectivity index (χ1v) is 17.0. The van der Waals surface area contributed by atoms with Crippen LogP contribution in [0.4, 0.5) is 0 Å². The fraction of sp³-hybridized carbons (Fsp3) is 0. The van der Waals surface area contributed by atoms with E-state index in [1.165, 1.54) is 0 Å². The van der Waals surface area contributed by atoms with Crippen LogP contribution in [0.15, 0.2) is 147 Å². The minimum atomic E-state index is 0.660. The molecule has 0 radical (unpaired) electrons. The van der Waals surface area contributed by atoms with E-state index in [1.54, 1.807) is 74.4 Å². The summed E-state index contributed by atoms with van der Waals surface area (Å²) in [7, 11) is 0. The SMILES string of the molecule is c1cc2ncc1-c1ccc(nc1)-c1cnc(cn1)-c1ccc(cn1)-c1ccc(nc1)-c1cnc(cn1)-c1ccc(cn1)-c1ccc(nc1)-c1cnc-2cn1. The van der Waals surface area contributed by atoms with Crippen molar-refractivity contribution in [3.63, 3.8) is 0 Å². The van der Waals surface area contributed by atoms with E-state index in [9.17, 15) is 0 Å². The summed E-state index contributed by atoms with van der Waals surface area (Å²) in [6, 6.07) is 23.5. The molecule has 9 aromatic rings. The molecule has 0 saturated heterocycles. The van der Waals surface area contributed by atoms with E-state index < -0.39 is 0 Å². The van der Waals surface area contributed by atoms with Crippen molar-refractivity contribution in [2.24, 2.45) is 0 Å². The molecule has 0 fully saturated rings. The third kappa shape index (κ3) is 5.89. The molecule has 0 amide bonds. The Balaban J connectivity index is 0.987. The number of hydrogen-bond donors (Lipinski definition) is 0. The van der Waals surface area contributed by atoms with Gasteiger partial charge in [0.1, 0.15) is 34.2 Å². The van der Waals surface area contributed by atoms with Crippen molar-refractivity contribution in [3.8, 4) is 102 Å². The van der Waals surface area contributed by atoms with Gasteiger partial charge in [0.25, 0.3) is 0 Å². The number of pyridine rings is 6. The van der Waals surface area contributed by atoms with Crippen LogP contribution < -0.4 is 0 Å². The molecule has 0 aromatic carbocycles. The molecule has 25 aliphatic rings. The van der Waals surface area contributed by atoms with Crippen LogP contribution in [0.1, 0.15) is 0 Å². The molecular weight excluding hydrogens is 673 g/mol. The van der Waals surface area contributed by atoms with Crippen molar-refractivity contribution in [1.82, 2.24) is 59.8 Å². The van der Waals surface area contributed by atoms with Crippen LogP contribution in [0, 0.1) is 0 Å². The molecule has 0 saturated carbocycles.